The summed E-state index contributed by atoms with van der Waals surface area (Å²) in [6.45, 7) is 4.93. The summed E-state index contributed by atoms with van der Waals surface area (Å²) in [5.74, 6) is 0.897. The minimum Gasteiger partial charge on any atom is -0.494 e. The number of halogens is 1. The lowest BCUT2D eigenvalue weighted by molar-refractivity contribution is 0.317. The summed E-state index contributed by atoms with van der Waals surface area (Å²) in [6.07, 6.45) is 1.01. The third-order valence-electron chi connectivity index (χ3n) is 3.36. The molecule has 20 heavy (non-hydrogen) atoms. The highest BCUT2D eigenvalue weighted by Gasteiger charge is 2.12. The minimum absolute atomic E-state index is 0.118. The van der Waals surface area contributed by atoms with Crippen molar-refractivity contribution in [3.05, 3.63) is 63.6 Å². The van der Waals surface area contributed by atoms with Crippen LogP contribution in [0.3, 0.4) is 0 Å². The van der Waals surface area contributed by atoms with Crippen molar-refractivity contribution in [1.29, 1.82) is 0 Å². The van der Waals surface area contributed by atoms with Crippen molar-refractivity contribution >= 4 is 15.9 Å². The fourth-order valence-electron chi connectivity index (χ4n) is 2.13. The van der Waals surface area contributed by atoms with Crippen LogP contribution in [0.25, 0.3) is 0 Å². The van der Waals surface area contributed by atoms with Crippen molar-refractivity contribution in [3.63, 3.8) is 0 Å². The maximum Gasteiger partial charge on any atom is 0.119 e. The van der Waals surface area contributed by atoms with Crippen molar-refractivity contribution in [2.75, 3.05) is 6.61 Å². The lowest BCUT2D eigenvalue weighted by Gasteiger charge is -2.16. The van der Waals surface area contributed by atoms with Gasteiger partial charge in [0.2, 0.25) is 0 Å². The van der Waals surface area contributed by atoms with Crippen LogP contribution < -0.4 is 10.5 Å². The van der Waals surface area contributed by atoms with E-state index in [4.69, 9.17) is 10.5 Å². The summed E-state index contributed by atoms with van der Waals surface area (Å²) in [5, 5.41) is 0. The summed E-state index contributed by atoms with van der Waals surface area (Å²) in [4.78, 5) is 0. The van der Waals surface area contributed by atoms with Gasteiger partial charge in [0.25, 0.3) is 0 Å². The lowest BCUT2D eigenvalue weighted by atomic mass is 9.96. The van der Waals surface area contributed by atoms with E-state index in [0.29, 0.717) is 0 Å². The maximum atomic E-state index is 6.37. The van der Waals surface area contributed by atoms with Crippen LogP contribution in [0.1, 0.15) is 36.1 Å². The predicted molar refractivity (Wildman–Crippen MR) is 87.1 cm³/mol. The summed E-state index contributed by atoms with van der Waals surface area (Å²) in [6, 6.07) is 14.1. The zero-order chi connectivity index (χ0) is 14.5. The van der Waals surface area contributed by atoms with E-state index < -0.39 is 0 Å². The van der Waals surface area contributed by atoms with Gasteiger partial charge in [0.1, 0.15) is 5.75 Å². The topological polar surface area (TPSA) is 35.2 Å². The molecule has 106 valence electrons. The van der Waals surface area contributed by atoms with E-state index in [9.17, 15) is 0 Å². The predicted octanol–water partition coefficient (Wildman–Crippen LogP) is 4.59. The molecule has 2 N–H and O–H groups in total. The van der Waals surface area contributed by atoms with Crippen molar-refractivity contribution in [3.8, 4) is 5.75 Å². The van der Waals surface area contributed by atoms with Gasteiger partial charge in [-0.25, -0.2) is 0 Å². The molecule has 1 unspecified atom stereocenters. The highest BCUT2D eigenvalue weighted by molar-refractivity contribution is 9.10. The summed E-state index contributed by atoms with van der Waals surface area (Å²) >= 11 is 3.55. The van der Waals surface area contributed by atoms with Crippen LogP contribution in [0.4, 0.5) is 0 Å². The Morgan fingerprint density at radius 2 is 1.85 bits per heavy atom. The zero-order valence-electron chi connectivity index (χ0n) is 11.9. The van der Waals surface area contributed by atoms with Gasteiger partial charge < -0.3 is 10.5 Å². The second-order valence-corrected chi connectivity index (χ2v) is 5.70. The number of rotatable bonds is 5. The molecule has 2 aromatic carbocycles. The van der Waals surface area contributed by atoms with Crippen LogP contribution >= 0.6 is 15.9 Å². The molecular formula is C17H20BrNO. The van der Waals surface area contributed by atoms with E-state index in [1.807, 2.05) is 36.4 Å². The molecule has 0 aliphatic heterocycles. The fourth-order valence-corrected chi connectivity index (χ4v) is 2.51. The Kier molecular flexibility index (Phi) is 5.21. The number of benzene rings is 2. The molecule has 3 heteroatoms. The first-order valence-corrected chi connectivity index (χ1v) is 7.66. The van der Waals surface area contributed by atoms with Crippen molar-refractivity contribution in [2.45, 2.75) is 26.3 Å². The number of nitrogens with two attached hydrogens (primary N) is 1. The van der Waals surface area contributed by atoms with Gasteiger partial charge in [-0.1, -0.05) is 47.1 Å². The average molecular weight is 334 g/mol. The summed E-state index contributed by atoms with van der Waals surface area (Å²) < 4.78 is 6.68. The monoisotopic (exact) mass is 333 g/mol. The van der Waals surface area contributed by atoms with Gasteiger partial charge in [-0.3, -0.25) is 0 Å². The average Bonchev–Trinajstić information content (AvgIpc) is 2.48. The van der Waals surface area contributed by atoms with Crippen LogP contribution in [0, 0.1) is 6.92 Å². The van der Waals surface area contributed by atoms with Gasteiger partial charge >= 0.3 is 0 Å². The van der Waals surface area contributed by atoms with Gasteiger partial charge in [-0.05, 0) is 48.2 Å². The first-order chi connectivity index (χ1) is 9.63. The Bertz CT molecular complexity index is 566. The molecule has 0 fully saturated rings. The highest BCUT2D eigenvalue weighted by atomic mass is 79.9. The van der Waals surface area contributed by atoms with E-state index in [-0.39, 0.29) is 6.04 Å². The van der Waals surface area contributed by atoms with Crippen LogP contribution in [0.15, 0.2) is 46.9 Å². The Morgan fingerprint density at radius 1 is 1.15 bits per heavy atom. The first-order valence-electron chi connectivity index (χ1n) is 6.86. The third kappa shape index (κ3) is 3.41. The summed E-state index contributed by atoms with van der Waals surface area (Å²) in [7, 11) is 0. The maximum absolute atomic E-state index is 6.37. The van der Waals surface area contributed by atoms with E-state index >= 15 is 0 Å². The van der Waals surface area contributed by atoms with Gasteiger partial charge in [0.05, 0.1) is 12.6 Å². The van der Waals surface area contributed by atoms with Crippen molar-refractivity contribution in [1.82, 2.24) is 0 Å². The molecule has 0 amide bonds. The summed E-state index contributed by atoms with van der Waals surface area (Å²) in [5.41, 5.74) is 9.79. The molecule has 0 saturated carbocycles. The smallest absolute Gasteiger partial charge is 0.119 e. The number of hydrogen-bond acceptors (Lipinski definition) is 2. The normalized spacial score (nSPS) is 12.2. The van der Waals surface area contributed by atoms with Gasteiger partial charge in [0.15, 0.2) is 0 Å². The van der Waals surface area contributed by atoms with Gasteiger partial charge in [-0.2, -0.15) is 0 Å². The standard InChI is InChI=1S/C17H20BrNO/c1-3-11-20-14-9-7-13(8-10-14)17(19)15-5-4-6-16(18)12(15)2/h4-10,17H,3,11,19H2,1-2H3. The fraction of sp³-hybridized carbons (Fsp3) is 0.294. The molecule has 0 aromatic heterocycles. The molecule has 1 atom stereocenters. The molecular weight excluding hydrogens is 314 g/mol. The second-order valence-electron chi connectivity index (χ2n) is 4.85. The Balaban J connectivity index is 2.20. The third-order valence-corrected chi connectivity index (χ3v) is 4.22. The molecule has 2 nitrogen and oxygen atoms in total. The van der Waals surface area contributed by atoms with E-state index in [0.717, 1.165) is 34.4 Å². The van der Waals surface area contributed by atoms with Crippen LogP contribution in [0.5, 0.6) is 5.75 Å². The molecule has 0 radical (unpaired) electrons. The number of ether oxygens (including phenoxy) is 1. The number of hydrogen-bond donors (Lipinski definition) is 1. The Hall–Kier alpha value is -1.32. The minimum atomic E-state index is -0.118. The van der Waals surface area contributed by atoms with Crippen molar-refractivity contribution < 1.29 is 4.74 Å². The quantitative estimate of drug-likeness (QED) is 0.868. The Morgan fingerprint density at radius 3 is 2.50 bits per heavy atom. The van der Waals surface area contributed by atoms with Crippen LogP contribution in [-0.2, 0) is 0 Å². The molecule has 0 aliphatic rings. The highest BCUT2D eigenvalue weighted by Crippen LogP contribution is 2.28. The first kappa shape index (κ1) is 15.1. The zero-order valence-corrected chi connectivity index (χ0v) is 13.5. The molecule has 0 aliphatic carbocycles. The lowest BCUT2D eigenvalue weighted by Crippen LogP contribution is -2.13. The molecule has 0 spiro atoms. The van der Waals surface area contributed by atoms with E-state index in [1.54, 1.807) is 0 Å². The SMILES string of the molecule is CCCOc1ccc(C(N)c2cccc(Br)c2C)cc1. The largest absolute Gasteiger partial charge is 0.494 e. The van der Waals surface area contributed by atoms with Crippen LogP contribution in [-0.4, -0.2) is 6.61 Å². The van der Waals surface area contributed by atoms with Gasteiger partial charge in [-0.15, -0.1) is 0 Å². The van der Waals surface area contributed by atoms with E-state index in [1.165, 1.54) is 5.56 Å². The van der Waals surface area contributed by atoms with E-state index in [2.05, 4.69) is 35.8 Å². The van der Waals surface area contributed by atoms with Crippen LogP contribution in [0.2, 0.25) is 0 Å². The second kappa shape index (κ2) is 6.91. The molecule has 0 saturated heterocycles. The molecule has 2 rings (SSSR count). The molecule has 0 bridgehead atoms. The Labute approximate surface area is 129 Å². The van der Waals surface area contributed by atoms with Gasteiger partial charge in [0, 0.05) is 4.47 Å². The molecule has 0 heterocycles. The molecule has 2 aromatic rings. The van der Waals surface area contributed by atoms with Crippen molar-refractivity contribution in [2.24, 2.45) is 5.73 Å².